The summed E-state index contributed by atoms with van der Waals surface area (Å²) in [6.07, 6.45) is 6.62. The van der Waals surface area contributed by atoms with Gasteiger partial charge in [0.15, 0.2) is 35.1 Å². The molecule has 0 spiro atoms. The van der Waals surface area contributed by atoms with Crippen LogP contribution in [-0.4, -0.2) is 46.6 Å². The van der Waals surface area contributed by atoms with Crippen LogP contribution in [0.25, 0.3) is 34.1 Å². The third kappa shape index (κ3) is 5.33. The maximum Gasteiger partial charge on any atom is 0.251 e. The Morgan fingerprint density at radius 1 is 0.978 bits per heavy atom. The number of pyridine rings is 2. The van der Waals surface area contributed by atoms with E-state index in [2.05, 4.69) is 28.3 Å². The monoisotopic (exact) mass is 612 g/mol. The fourth-order valence-corrected chi connectivity index (χ4v) is 5.14. The molecule has 7 rings (SSSR count). The van der Waals surface area contributed by atoms with Crippen LogP contribution in [0.15, 0.2) is 67.0 Å². The summed E-state index contributed by atoms with van der Waals surface area (Å²) in [7, 11) is 0. The molecule has 1 aliphatic rings. The first-order chi connectivity index (χ1) is 21.7. The molecular formula is C31H23F3N8O3. The number of halogens is 3. The van der Waals surface area contributed by atoms with Gasteiger partial charge in [-0.2, -0.15) is 8.78 Å². The Bertz CT molecular complexity index is 2130. The maximum absolute atomic E-state index is 13.5. The van der Waals surface area contributed by atoms with E-state index in [4.69, 9.17) is 26.5 Å². The summed E-state index contributed by atoms with van der Waals surface area (Å²) in [5, 5.41) is 12.7. The highest BCUT2D eigenvalue weighted by atomic mass is 19.2. The maximum atomic E-state index is 13.5. The Morgan fingerprint density at radius 2 is 1.78 bits per heavy atom. The van der Waals surface area contributed by atoms with Crippen LogP contribution in [0.2, 0.25) is 0 Å². The van der Waals surface area contributed by atoms with Gasteiger partial charge >= 0.3 is 0 Å². The minimum Gasteiger partial charge on any atom is -0.504 e. The van der Waals surface area contributed by atoms with Crippen LogP contribution in [0, 0.1) is 17.6 Å². The predicted molar refractivity (Wildman–Crippen MR) is 158 cm³/mol. The summed E-state index contributed by atoms with van der Waals surface area (Å²) in [6, 6.07) is 15.8. The molecule has 0 radical (unpaired) electrons. The molecule has 5 N–H and O–H groups in total. The number of aromatic nitrogens is 6. The van der Waals surface area contributed by atoms with Crippen molar-refractivity contribution in [1.82, 2.24) is 29.3 Å². The SMILES string of the molecule is NC(=O)c1cc(C=O)c(O)c(F)c1F.Nc1ncccc1-c1nc2ccc(-n3ccc(F)n3)nc2n1-c1ccc2c(c1)CCC2. The largest absolute Gasteiger partial charge is 0.504 e. The lowest BCUT2D eigenvalue weighted by molar-refractivity contribution is 0.0995. The fraction of sp³-hybridized carbons (Fsp3) is 0.0968. The number of fused-ring (bicyclic) bond motifs is 2. The number of aldehydes is 1. The molecule has 0 saturated carbocycles. The molecule has 11 nitrogen and oxygen atoms in total. The number of hydrogen-bond acceptors (Lipinski definition) is 8. The number of phenols is 1. The van der Waals surface area contributed by atoms with Gasteiger partial charge in [-0.05, 0) is 72.9 Å². The van der Waals surface area contributed by atoms with E-state index < -0.39 is 40.4 Å². The lowest BCUT2D eigenvalue weighted by Gasteiger charge is -2.12. The summed E-state index contributed by atoms with van der Waals surface area (Å²) in [5.74, 6) is -4.58. The minimum absolute atomic E-state index is 0.0876. The lowest BCUT2D eigenvalue weighted by atomic mass is 10.1. The third-order valence-electron chi connectivity index (χ3n) is 7.30. The summed E-state index contributed by atoms with van der Waals surface area (Å²) >= 11 is 0. The quantitative estimate of drug-likeness (QED) is 0.240. The second-order valence-electron chi connectivity index (χ2n) is 10.1. The number of anilines is 1. The zero-order valence-corrected chi connectivity index (χ0v) is 23.3. The van der Waals surface area contributed by atoms with Crippen molar-refractivity contribution in [2.75, 3.05) is 5.73 Å². The number of nitrogens with zero attached hydrogens (tertiary/aromatic N) is 6. The molecule has 1 amide bonds. The first kappa shape index (κ1) is 29.0. The van der Waals surface area contributed by atoms with E-state index in [1.807, 2.05) is 22.8 Å². The smallest absolute Gasteiger partial charge is 0.251 e. The van der Waals surface area contributed by atoms with Crippen molar-refractivity contribution < 1.29 is 27.9 Å². The topological polar surface area (TPSA) is 168 Å². The first-order valence-corrected chi connectivity index (χ1v) is 13.6. The molecule has 14 heteroatoms. The Balaban J connectivity index is 0.000000216. The molecule has 4 heterocycles. The minimum atomic E-state index is -1.66. The van der Waals surface area contributed by atoms with Crippen molar-refractivity contribution in [2.45, 2.75) is 19.3 Å². The van der Waals surface area contributed by atoms with Crippen LogP contribution < -0.4 is 11.5 Å². The Labute approximate surface area is 252 Å². The highest BCUT2D eigenvalue weighted by Gasteiger charge is 2.22. The molecule has 0 fully saturated rings. The number of aryl methyl sites for hydroxylation is 2. The number of carbonyl (C=O) groups excluding carboxylic acids is 2. The number of carbonyl (C=O) groups is 2. The summed E-state index contributed by atoms with van der Waals surface area (Å²) in [4.78, 5) is 34.7. The molecule has 0 unspecified atom stereocenters. The molecule has 1 aliphatic carbocycles. The van der Waals surface area contributed by atoms with E-state index in [1.54, 1.807) is 18.5 Å². The van der Waals surface area contributed by atoms with Crippen LogP contribution in [-0.2, 0) is 12.8 Å². The number of imidazole rings is 1. The van der Waals surface area contributed by atoms with Gasteiger partial charge in [0, 0.05) is 24.1 Å². The molecule has 4 aromatic heterocycles. The van der Waals surface area contributed by atoms with Gasteiger partial charge in [0.25, 0.3) is 5.91 Å². The predicted octanol–water partition coefficient (Wildman–Crippen LogP) is 4.46. The number of hydrogen-bond donors (Lipinski definition) is 3. The Morgan fingerprint density at radius 3 is 2.49 bits per heavy atom. The number of aromatic hydroxyl groups is 1. The number of primary amides is 1. The molecule has 45 heavy (non-hydrogen) atoms. The van der Waals surface area contributed by atoms with Crippen molar-refractivity contribution in [3.63, 3.8) is 0 Å². The van der Waals surface area contributed by atoms with Crippen molar-refractivity contribution in [2.24, 2.45) is 5.73 Å². The Kier molecular flexibility index (Phi) is 7.46. The number of rotatable bonds is 5. The van der Waals surface area contributed by atoms with Crippen LogP contribution in [0.5, 0.6) is 5.75 Å². The van der Waals surface area contributed by atoms with Crippen LogP contribution >= 0.6 is 0 Å². The number of benzene rings is 2. The summed E-state index contributed by atoms with van der Waals surface area (Å²) < 4.78 is 42.6. The lowest BCUT2D eigenvalue weighted by Crippen LogP contribution is -2.15. The summed E-state index contributed by atoms with van der Waals surface area (Å²) in [5.41, 5.74) is 15.4. The van der Waals surface area contributed by atoms with Crippen LogP contribution in [0.3, 0.4) is 0 Å². The fourth-order valence-electron chi connectivity index (χ4n) is 5.14. The van der Waals surface area contributed by atoms with Gasteiger partial charge < -0.3 is 16.6 Å². The third-order valence-corrected chi connectivity index (χ3v) is 7.30. The van der Waals surface area contributed by atoms with Gasteiger partial charge in [0.1, 0.15) is 11.3 Å². The van der Waals surface area contributed by atoms with E-state index in [9.17, 15) is 22.8 Å². The van der Waals surface area contributed by atoms with Crippen LogP contribution in [0.4, 0.5) is 19.0 Å². The van der Waals surface area contributed by atoms with Gasteiger partial charge in [-0.1, -0.05) is 6.07 Å². The number of nitrogens with two attached hydrogens (primary N) is 2. The number of nitrogen functional groups attached to an aromatic ring is 1. The number of phenolic OH excluding ortho intramolecular Hbond substituents is 1. The highest BCUT2D eigenvalue weighted by molar-refractivity contribution is 5.95. The number of amides is 1. The standard InChI is InChI=1S/C23H18FN7.C8H5F2NO3/c24-19-10-12-30(29-19)20-9-8-18-23(28-20)31(16-7-6-14-3-1-4-15(14)13-16)22(27-18)17-5-2-11-26-21(17)25;9-5-4(8(11)14)1-3(2-12)7(13)6(5)10/h2,5-13H,1,3-4H2,(H2,25,26);1-2,13H,(H2,11,14). The molecule has 0 aliphatic heterocycles. The zero-order chi connectivity index (χ0) is 31.8. The zero-order valence-electron chi connectivity index (χ0n) is 23.3. The van der Waals surface area contributed by atoms with E-state index in [1.165, 1.54) is 28.3 Å². The molecule has 0 saturated heterocycles. The van der Waals surface area contributed by atoms with Gasteiger partial charge in [0.05, 0.1) is 16.7 Å². The average Bonchev–Trinajstić information content (AvgIpc) is 3.78. The molecule has 0 bridgehead atoms. The molecular weight excluding hydrogens is 589 g/mol. The molecule has 6 aromatic rings. The van der Waals surface area contributed by atoms with E-state index in [-0.39, 0.29) is 6.29 Å². The van der Waals surface area contributed by atoms with Crippen molar-refractivity contribution >= 4 is 29.2 Å². The van der Waals surface area contributed by atoms with Crippen molar-refractivity contribution in [3.05, 3.63) is 107 Å². The average molecular weight is 613 g/mol. The second kappa shape index (κ2) is 11.6. The Hall–Kier alpha value is -6.05. The van der Waals surface area contributed by atoms with Gasteiger partial charge in [-0.15, -0.1) is 5.10 Å². The molecule has 2 aromatic carbocycles. The first-order valence-electron chi connectivity index (χ1n) is 13.6. The van der Waals surface area contributed by atoms with Crippen molar-refractivity contribution in [3.8, 4) is 28.6 Å². The van der Waals surface area contributed by atoms with Gasteiger partial charge in [-0.25, -0.2) is 24.0 Å². The molecule has 0 atom stereocenters. The molecule has 226 valence electrons. The van der Waals surface area contributed by atoms with E-state index in [0.29, 0.717) is 34.7 Å². The van der Waals surface area contributed by atoms with Gasteiger partial charge in [0.2, 0.25) is 11.8 Å². The second-order valence-corrected chi connectivity index (χ2v) is 10.1. The summed E-state index contributed by atoms with van der Waals surface area (Å²) in [6.45, 7) is 0. The van der Waals surface area contributed by atoms with Gasteiger partial charge in [-0.3, -0.25) is 14.2 Å². The van der Waals surface area contributed by atoms with E-state index in [0.717, 1.165) is 24.1 Å². The van der Waals surface area contributed by atoms with Crippen molar-refractivity contribution in [1.29, 1.82) is 0 Å². The highest BCUT2D eigenvalue weighted by Crippen LogP contribution is 2.33. The van der Waals surface area contributed by atoms with E-state index >= 15 is 0 Å². The van der Waals surface area contributed by atoms with Crippen LogP contribution in [0.1, 0.15) is 38.3 Å². The normalized spacial score (nSPS) is 12.1.